The summed E-state index contributed by atoms with van der Waals surface area (Å²) in [5.41, 5.74) is 1.62. The van der Waals surface area contributed by atoms with E-state index in [0.717, 1.165) is 41.5 Å². The highest BCUT2D eigenvalue weighted by Crippen LogP contribution is 2.19. The van der Waals surface area contributed by atoms with Gasteiger partial charge >= 0.3 is 0 Å². The van der Waals surface area contributed by atoms with Crippen LogP contribution in [-0.4, -0.2) is 61.7 Å². The molecule has 3 aromatic heterocycles. The second-order valence-electron chi connectivity index (χ2n) is 7.14. The van der Waals surface area contributed by atoms with Gasteiger partial charge in [-0.1, -0.05) is 18.2 Å². The molecule has 146 valence electrons. The van der Waals surface area contributed by atoms with Crippen molar-refractivity contribution in [3.05, 3.63) is 66.4 Å². The fraction of sp³-hybridized carbons (Fsp3) is 0.238. The minimum atomic E-state index is 0.0397. The molecule has 1 aliphatic rings. The van der Waals surface area contributed by atoms with Crippen molar-refractivity contribution >= 4 is 22.6 Å². The molecule has 0 spiro atoms. The summed E-state index contributed by atoms with van der Waals surface area (Å²) in [7, 11) is 0. The number of fused-ring (bicyclic) bond motifs is 1. The lowest BCUT2D eigenvalue weighted by Crippen LogP contribution is -2.49. The van der Waals surface area contributed by atoms with Gasteiger partial charge in [-0.05, 0) is 31.2 Å². The Morgan fingerprint density at radius 2 is 1.76 bits per heavy atom. The van der Waals surface area contributed by atoms with Gasteiger partial charge in [0.05, 0.1) is 0 Å². The highest BCUT2D eigenvalue weighted by atomic mass is 16.2. The van der Waals surface area contributed by atoms with Crippen molar-refractivity contribution in [2.75, 3.05) is 31.1 Å². The minimum absolute atomic E-state index is 0.0397. The number of aryl methyl sites for hydroxylation is 1. The van der Waals surface area contributed by atoms with Crippen molar-refractivity contribution in [1.29, 1.82) is 0 Å². The Bertz CT molecular complexity index is 1120. The number of imidazole rings is 1. The maximum atomic E-state index is 12.9. The van der Waals surface area contributed by atoms with E-state index in [-0.39, 0.29) is 5.91 Å². The first-order chi connectivity index (χ1) is 14.2. The van der Waals surface area contributed by atoms with Gasteiger partial charge in [0.15, 0.2) is 11.6 Å². The number of piperazine rings is 1. The lowest BCUT2D eigenvalue weighted by atomic mass is 10.2. The molecule has 5 rings (SSSR count). The third-order valence-corrected chi connectivity index (χ3v) is 5.36. The Hall–Kier alpha value is -3.68. The van der Waals surface area contributed by atoms with Gasteiger partial charge in [-0.15, -0.1) is 10.2 Å². The van der Waals surface area contributed by atoms with E-state index in [0.29, 0.717) is 18.8 Å². The summed E-state index contributed by atoms with van der Waals surface area (Å²) in [6.45, 7) is 4.68. The molecule has 4 aromatic rings. The molecule has 8 heteroatoms. The van der Waals surface area contributed by atoms with Gasteiger partial charge < -0.3 is 14.8 Å². The van der Waals surface area contributed by atoms with E-state index in [9.17, 15) is 4.79 Å². The summed E-state index contributed by atoms with van der Waals surface area (Å²) in [5.74, 6) is 2.48. The van der Waals surface area contributed by atoms with E-state index in [1.807, 2.05) is 65.1 Å². The zero-order chi connectivity index (χ0) is 19.8. The van der Waals surface area contributed by atoms with Crippen LogP contribution >= 0.6 is 0 Å². The molecule has 0 radical (unpaired) electrons. The predicted molar refractivity (Wildman–Crippen MR) is 110 cm³/mol. The molecule has 1 amide bonds. The Balaban J connectivity index is 1.25. The highest BCUT2D eigenvalue weighted by Gasteiger charge is 2.24. The van der Waals surface area contributed by atoms with Crippen LogP contribution in [0.3, 0.4) is 0 Å². The number of nitrogens with one attached hydrogen (secondary N) is 1. The normalized spacial score (nSPS) is 14.5. The maximum absolute atomic E-state index is 12.9. The third kappa shape index (κ3) is 3.22. The number of rotatable bonds is 3. The number of carbonyl (C=O) groups excluding carboxylic acids is 1. The first-order valence-corrected chi connectivity index (χ1v) is 9.65. The molecule has 1 saturated heterocycles. The quantitative estimate of drug-likeness (QED) is 0.584. The highest BCUT2D eigenvalue weighted by molar-refractivity contribution is 5.98. The topological polar surface area (TPSA) is 82.9 Å². The molecule has 1 aliphatic heterocycles. The summed E-state index contributed by atoms with van der Waals surface area (Å²) in [6.07, 6.45) is 3.61. The molecular weight excluding hydrogens is 366 g/mol. The van der Waals surface area contributed by atoms with Crippen LogP contribution in [0.4, 0.5) is 5.82 Å². The average Bonchev–Trinajstić information content (AvgIpc) is 3.39. The van der Waals surface area contributed by atoms with Crippen molar-refractivity contribution in [1.82, 2.24) is 29.6 Å². The van der Waals surface area contributed by atoms with Crippen LogP contribution in [0.1, 0.15) is 16.3 Å². The van der Waals surface area contributed by atoms with E-state index in [2.05, 4.69) is 25.1 Å². The number of anilines is 1. The van der Waals surface area contributed by atoms with Crippen LogP contribution in [0.25, 0.3) is 16.7 Å². The number of aromatic nitrogens is 5. The number of aromatic amines is 1. The van der Waals surface area contributed by atoms with Gasteiger partial charge in [0.1, 0.15) is 11.5 Å². The van der Waals surface area contributed by atoms with Crippen LogP contribution in [0, 0.1) is 6.92 Å². The number of para-hydroxylation sites is 1. The molecule has 0 atom stereocenters. The van der Waals surface area contributed by atoms with Gasteiger partial charge in [0.2, 0.25) is 0 Å². The minimum Gasteiger partial charge on any atom is -0.352 e. The number of benzene rings is 1. The van der Waals surface area contributed by atoms with Crippen LogP contribution in [0.2, 0.25) is 0 Å². The van der Waals surface area contributed by atoms with E-state index < -0.39 is 0 Å². The smallest absolute Gasteiger partial charge is 0.270 e. The Morgan fingerprint density at radius 1 is 1.00 bits per heavy atom. The lowest BCUT2D eigenvalue weighted by Gasteiger charge is -2.35. The van der Waals surface area contributed by atoms with Gasteiger partial charge in [0, 0.05) is 49.5 Å². The average molecular weight is 387 g/mol. The number of nitrogens with zero attached hydrogens (tertiary/aromatic N) is 6. The molecule has 0 bridgehead atoms. The molecule has 8 nitrogen and oxygen atoms in total. The van der Waals surface area contributed by atoms with Gasteiger partial charge in [0.25, 0.3) is 5.91 Å². The molecule has 0 saturated carbocycles. The Kier molecular flexibility index (Phi) is 4.23. The van der Waals surface area contributed by atoms with Crippen LogP contribution in [0.15, 0.2) is 54.9 Å². The van der Waals surface area contributed by atoms with Crippen LogP contribution in [0.5, 0.6) is 0 Å². The molecule has 0 unspecified atom stereocenters. The van der Waals surface area contributed by atoms with Gasteiger partial charge in [-0.2, -0.15) is 0 Å². The van der Waals surface area contributed by atoms with Crippen molar-refractivity contribution in [3.63, 3.8) is 0 Å². The number of hydrogen-bond donors (Lipinski definition) is 1. The van der Waals surface area contributed by atoms with Gasteiger partial charge in [-0.3, -0.25) is 9.36 Å². The second kappa shape index (κ2) is 7.05. The monoisotopic (exact) mass is 387 g/mol. The summed E-state index contributed by atoms with van der Waals surface area (Å²) in [6, 6.07) is 13.8. The Morgan fingerprint density at radius 3 is 2.45 bits per heavy atom. The van der Waals surface area contributed by atoms with E-state index in [1.54, 1.807) is 6.20 Å². The molecule has 1 fully saturated rings. The summed E-state index contributed by atoms with van der Waals surface area (Å²) < 4.78 is 1.90. The first kappa shape index (κ1) is 17.4. The SMILES string of the molecule is Cc1nccn1-c1ccc(N2CCN(C(=O)c3cc4ccccc4[nH]3)CC2)nn1. The predicted octanol–water partition coefficient (Wildman–Crippen LogP) is 2.41. The van der Waals surface area contributed by atoms with E-state index >= 15 is 0 Å². The largest absolute Gasteiger partial charge is 0.352 e. The number of hydrogen-bond acceptors (Lipinski definition) is 5. The standard InChI is InChI=1S/C21H21N7O/c1-15-22-8-9-28(15)20-7-6-19(24-25-20)26-10-12-27(13-11-26)21(29)18-14-16-4-2-3-5-17(16)23-18/h2-9,14,23H,10-13H2,1H3. The van der Waals surface area contributed by atoms with Gasteiger partial charge in [-0.25, -0.2) is 4.98 Å². The van der Waals surface area contributed by atoms with Crippen molar-refractivity contribution in [2.45, 2.75) is 6.92 Å². The fourth-order valence-electron chi connectivity index (χ4n) is 3.73. The number of amides is 1. The summed E-state index contributed by atoms with van der Waals surface area (Å²) in [4.78, 5) is 24.3. The van der Waals surface area contributed by atoms with Crippen LogP contribution < -0.4 is 4.90 Å². The van der Waals surface area contributed by atoms with Crippen molar-refractivity contribution in [3.8, 4) is 5.82 Å². The number of H-pyrrole nitrogens is 1. The van der Waals surface area contributed by atoms with E-state index in [1.165, 1.54) is 0 Å². The second-order valence-corrected chi connectivity index (χ2v) is 7.14. The molecule has 4 heterocycles. The maximum Gasteiger partial charge on any atom is 0.270 e. The summed E-state index contributed by atoms with van der Waals surface area (Å²) in [5, 5.41) is 9.76. The van der Waals surface area contributed by atoms with E-state index in [4.69, 9.17) is 0 Å². The number of carbonyl (C=O) groups is 1. The third-order valence-electron chi connectivity index (χ3n) is 5.36. The summed E-state index contributed by atoms with van der Waals surface area (Å²) >= 11 is 0. The molecule has 29 heavy (non-hydrogen) atoms. The zero-order valence-corrected chi connectivity index (χ0v) is 16.1. The molecular formula is C21H21N7O. The van der Waals surface area contributed by atoms with Crippen molar-refractivity contribution in [2.24, 2.45) is 0 Å². The molecule has 1 N–H and O–H groups in total. The van der Waals surface area contributed by atoms with Crippen LogP contribution in [-0.2, 0) is 0 Å². The Labute approximate surface area is 167 Å². The molecule has 0 aliphatic carbocycles. The van der Waals surface area contributed by atoms with Crippen molar-refractivity contribution < 1.29 is 4.79 Å². The first-order valence-electron chi connectivity index (χ1n) is 9.65. The lowest BCUT2D eigenvalue weighted by molar-refractivity contribution is 0.0741. The molecule has 1 aromatic carbocycles. The zero-order valence-electron chi connectivity index (χ0n) is 16.1. The fourth-order valence-corrected chi connectivity index (χ4v) is 3.73.